The van der Waals surface area contributed by atoms with Gasteiger partial charge in [-0.3, -0.25) is 24.6 Å². The van der Waals surface area contributed by atoms with Gasteiger partial charge < -0.3 is 0 Å². The molecule has 3 amide bonds. The summed E-state index contributed by atoms with van der Waals surface area (Å²) >= 11 is 1.13. The fourth-order valence-corrected chi connectivity index (χ4v) is 3.58. The van der Waals surface area contributed by atoms with Crippen LogP contribution in [-0.2, 0) is 6.42 Å². The summed E-state index contributed by atoms with van der Waals surface area (Å²) in [5.41, 5.74) is 0.961. The second-order valence-corrected chi connectivity index (χ2v) is 7.09. The quantitative estimate of drug-likeness (QED) is 0.670. The number of nitrogens with zero attached hydrogens (tertiary/aromatic N) is 3. The minimum atomic E-state index is -0.508. The van der Waals surface area contributed by atoms with E-state index in [1.54, 1.807) is 24.3 Å². The molecule has 140 valence electrons. The van der Waals surface area contributed by atoms with Gasteiger partial charge in [-0.2, -0.15) is 0 Å². The summed E-state index contributed by atoms with van der Waals surface area (Å²) in [7, 11) is 0. The maximum absolute atomic E-state index is 13.2. The van der Waals surface area contributed by atoms with Crippen molar-refractivity contribution in [2.45, 2.75) is 6.42 Å². The average Bonchev–Trinajstić information content (AvgIpc) is 3.23. The second kappa shape index (κ2) is 7.28. The van der Waals surface area contributed by atoms with Crippen LogP contribution in [0, 0.1) is 5.82 Å². The van der Waals surface area contributed by atoms with Crippen molar-refractivity contribution in [1.82, 2.24) is 15.1 Å². The van der Waals surface area contributed by atoms with Crippen LogP contribution in [0.3, 0.4) is 0 Å². The lowest BCUT2D eigenvalue weighted by Gasteiger charge is -2.12. The molecule has 1 aromatic heterocycles. The minimum absolute atomic E-state index is 0.165. The summed E-state index contributed by atoms with van der Waals surface area (Å²) in [6.07, 6.45) is 0.318. The molecule has 7 nitrogen and oxygen atoms in total. The Bertz CT molecular complexity index is 1060. The van der Waals surface area contributed by atoms with Crippen LogP contribution in [0.15, 0.2) is 48.5 Å². The summed E-state index contributed by atoms with van der Waals surface area (Å²) in [5, 5.41) is 11.2. The highest BCUT2D eigenvalue weighted by Crippen LogP contribution is 2.23. The van der Waals surface area contributed by atoms with Gasteiger partial charge in [0.25, 0.3) is 17.7 Å². The van der Waals surface area contributed by atoms with Crippen molar-refractivity contribution in [2.75, 3.05) is 11.9 Å². The predicted octanol–water partition coefficient (Wildman–Crippen LogP) is 2.77. The Balaban J connectivity index is 1.39. The number of benzene rings is 2. The lowest BCUT2D eigenvalue weighted by Crippen LogP contribution is -2.31. The number of fused-ring (bicyclic) bond motifs is 1. The number of carbonyl (C=O) groups is 3. The van der Waals surface area contributed by atoms with Crippen molar-refractivity contribution in [3.8, 4) is 0 Å². The highest BCUT2D eigenvalue weighted by atomic mass is 32.1. The molecule has 0 aliphatic carbocycles. The maximum atomic E-state index is 13.2. The van der Waals surface area contributed by atoms with Crippen molar-refractivity contribution >= 4 is 34.2 Å². The van der Waals surface area contributed by atoms with Crippen molar-refractivity contribution < 1.29 is 18.8 Å². The van der Waals surface area contributed by atoms with Gasteiger partial charge in [-0.1, -0.05) is 29.5 Å². The van der Waals surface area contributed by atoms with Crippen LogP contribution >= 0.6 is 11.3 Å². The zero-order valence-corrected chi connectivity index (χ0v) is 15.2. The van der Waals surface area contributed by atoms with Gasteiger partial charge in [0.05, 0.1) is 11.1 Å². The molecular formula is C19H13FN4O3S. The van der Waals surface area contributed by atoms with E-state index in [2.05, 4.69) is 15.5 Å². The highest BCUT2D eigenvalue weighted by Gasteiger charge is 2.34. The number of hydrogen-bond donors (Lipinski definition) is 1. The van der Waals surface area contributed by atoms with Crippen LogP contribution in [0.5, 0.6) is 0 Å². The lowest BCUT2D eigenvalue weighted by molar-refractivity contribution is 0.0655. The molecule has 1 aliphatic heterocycles. The number of rotatable bonds is 5. The third-order valence-corrected chi connectivity index (χ3v) is 5.10. The summed E-state index contributed by atoms with van der Waals surface area (Å²) in [6.45, 7) is 0.165. The lowest BCUT2D eigenvalue weighted by atomic mass is 10.1. The molecule has 1 N–H and O–H groups in total. The largest absolute Gasteiger partial charge is 0.296 e. The smallest absolute Gasteiger partial charge is 0.261 e. The molecule has 2 heterocycles. The van der Waals surface area contributed by atoms with Gasteiger partial charge in [-0.25, -0.2) is 4.39 Å². The number of hydrogen-bond acceptors (Lipinski definition) is 6. The highest BCUT2D eigenvalue weighted by molar-refractivity contribution is 7.15. The molecule has 0 bridgehead atoms. The first-order valence-electron chi connectivity index (χ1n) is 8.37. The molecule has 2 aromatic carbocycles. The topological polar surface area (TPSA) is 92.3 Å². The van der Waals surface area contributed by atoms with Gasteiger partial charge in [-0.05, 0) is 30.3 Å². The van der Waals surface area contributed by atoms with E-state index >= 15 is 0 Å². The van der Waals surface area contributed by atoms with E-state index in [4.69, 9.17) is 0 Å². The summed E-state index contributed by atoms with van der Waals surface area (Å²) in [5.74, 6) is -1.66. The fraction of sp³-hybridized carbons (Fsp3) is 0.105. The van der Waals surface area contributed by atoms with Crippen molar-refractivity contribution in [2.24, 2.45) is 0 Å². The molecule has 4 rings (SSSR count). The van der Waals surface area contributed by atoms with Crippen LogP contribution in [0.2, 0.25) is 0 Å². The Kier molecular flexibility index (Phi) is 4.66. The predicted molar refractivity (Wildman–Crippen MR) is 99.8 cm³/mol. The monoisotopic (exact) mass is 396 g/mol. The van der Waals surface area contributed by atoms with E-state index in [1.165, 1.54) is 23.1 Å². The standard InChI is InChI=1S/C19H13FN4O3S/c20-12-5-3-4-11(10-12)16(25)21-19-23-22-15(28-19)8-9-24-17(26)13-6-1-2-7-14(13)18(24)27/h1-7,10H,8-9H2,(H,21,23,25). The maximum Gasteiger partial charge on any atom is 0.261 e. The number of anilines is 1. The molecular weight excluding hydrogens is 383 g/mol. The second-order valence-electron chi connectivity index (χ2n) is 6.02. The molecule has 9 heteroatoms. The van der Waals surface area contributed by atoms with Crippen LogP contribution in [-0.4, -0.2) is 39.4 Å². The number of amides is 3. The van der Waals surface area contributed by atoms with E-state index < -0.39 is 11.7 Å². The van der Waals surface area contributed by atoms with Crippen LogP contribution in [0.1, 0.15) is 36.1 Å². The number of aromatic nitrogens is 2. The molecule has 0 spiro atoms. The van der Waals surface area contributed by atoms with E-state index in [9.17, 15) is 18.8 Å². The Hall–Kier alpha value is -3.46. The van der Waals surface area contributed by atoms with Crippen molar-refractivity contribution in [1.29, 1.82) is 0 Å². The molecule has 28 heavy (non-hydrogen) atoms. The van der Waals surface area contributed by atoms with E-state index in [1.807, 2.05) is 0 Å². The van der Waals surface area contributed by atoms with Crippen LogP contribution in [0.25, 0.3) is 0 Å². The van der Waals surface area contributed by atoms with Gasteiger partial charge >= 0.3 is 0 Å². The van der Waals surface area contributed by atoms with Crippen LogP contribution in [0.4, 0.5) is 9.52 Å². The summed E-state index contributed by atoms with van der Waals surface area (Å²) in [6, 6.07) is 12.0. The SMILES string of the molecule is O=C(Nc1nnc(CCN2C(=O)c3ccccc3C2=O)s1)c1cccc(F)c1. The fourth-order valence-electron chi connectivity index (χ4n) is 2.85. The van der Waals surface area contributed by atoms with Crippen molar-refractivity contribution in [3.63, 3.8) is 0 Å². The van der Waals surface area contributed by atoms with Gasteiger partial charge in [0.15, 0.2) is 0 Å². The summed E-state index contributed by atoms with van der Waals surface area (Å²) < 4.78 is 13.2. The molecule has 0 radical (unpaired) electrons. The van der Waals surface area contributed by atoms with E-state index in [0.29, 0.717) is 22.6 Å². The third kappa shape index (κ3) is 3.39. The first kappa shape index (κ1) is 17.9. The Morgan fingerprint density at radius 2 is 1.75 bits per heavy atom. The Morgan fingerprint density at radius 3 is 2.43 bits per heavy atom. The Morgan fingerprint density at radius 1 is 1.04 bits per heavy atom. The molecule has 0 fully saturated rings. The Labute approximate surface area is 162 Å². The zero-order chi connectivity index (χ0) is 19.7. The number of imide groups is 1. The average molecular weight is 396 g/mol. The number of carbonyl (C=O) groups excluding carboxylic acids is 3. The van der Waals surface area contributed by atoms with Gasteiger partial charge in [0.1, 0.15) is 10.8 Å². The third-order valence-electron chi connectivity index (χ3n) is 4.20. The van der Waals surface area contributed by atoms with E-state index in [0.717, 1.165) is 17.4 Å². The molecule has 0 saturated heterocycles. The normalized spacial score (nSPS) is 13.0. The van der Waals surface area contributed by atoms with Crippen molar-refractivity contribution in [3.05, 3.63) is 76.0 Å². The molecule has 1 aliphatic rings. The van der Waals surface area contributed by atoms with Gasteiger partial charge in [-0.15, -0.1) is 10.2 Å². The molecule has 0 saturated carbocycles. The first-order valence-corrected chi connectivity index (χ1v) is 9.19. The van der Waals surface area contributed by atoms with E-state index in [-0.39, 0.29) is 29.1 Å². The molecule has 0 atom stereocenters. The first-order chi connectivity index (χ1) is 13.5. The summed E-state index contributed by atoms with van der Waals surface area (Å²) in [4.78, 5) is 38.0. The minimum Gasteiger partial charge on any atom is -0.296 e. The van der Waals surface area contributed by atoms with Crippen LogP contribution < -0.4 is 5.32 Å². The zero-order valence-electron chi connectivity index (χ0n) is 14.4. The molecule has 0 unspecified atom stereocenters. The number of nitrogens with one attached hydrogen (secondary N) is 1. The van der Waals surface area contributed by atoms with Gasteiger partial charge in [0, 0.05) is 18.5 Å². The molecule has 3 aromatic rings. The van der Waals surface area contributed by atoms with Gasteiger partial charge in [0.2, 0.25) is 5.13 Å². The number of halogens is 1.